The number of carbonyl (C=O) groups excluding carboxylic acids is 1. The van der Waals surface area contributed by atoms with E-state index in [9.17, 15) is 23.2 Å². The number of ether oxygens (including phenoxy) is 1. The average molecular weight is 488 g/mol. The third-order valence-corrected chi connectivity index (χ3v) is 6.16. The number of ketones is 1. The quantitative estimate of drug-likeness (QED) is 0.559. The third-order valence-electron chi connectivity index (χ3n) is 5.91. The van der Waals surface area contributed by atoms with Crippen molar-refractivity contribution in [3.8, 4) is 11.8 Å². The van der Waals surface area contributed by atoms with Gasteiger partial charge in [-0.25, -0.2) is 0 Å². The van der Waals surface area contributed by atoms with Crippen LogP contribution in [-0.4, -0.2) is 12.1 Å². The molecule has 0 bridgehead atoms. The van der Waals surface area contributed by atoms with E-state index >= 15 is 0 Å². The van der Waals surface area contributed by atoms with E-state index in [0.29, 0.717) is 40.4 Å². The van der Waals surface area contributed by atoms with E-state index in [-0.39, 0.29) is 28.3 Å². The molecule has 1 heterocycles. The number of nitriles is 1. The Hall–Kier alpha value is -3.44. The van der Waals surface area contributed by atoms with Crippen LogP contribution in [0.15, 0.2) is 71.2 Å². The first kappa shape index (κ1) is 23.7. The van der Waals surface area contributed by atoms with Gasteiger partial charge >= 0.3 is 6.36 Å². The summed E-state index contributed by atoms with van der Waals surface area (Å²) in [7, 11) is 0. The van der Waals surface area contributed by atoms with E-state index in [1.54, 1.807) is 29.2 Å². The second-order valence-electron chi connectivity index (χ2n) is 9.07. The van der Waals surface area contributed by atoms with E-state index in [1.165, 1.54) is 24.3 Å². The minimum absolute atomic E-state index is 0.103. The number of carbonyl (C=O) groups is 1. The zero-order chi connectivity index (χ0) is 24.8. The highest BCUT2D eigenvalue weighted by Gasteiger charge is 2.44. The Labute approximate surface area is 199 Å². The van der Waals surface area contributed by atoms with Crippen molar-refractivity contribution in [1.82, 2.24) is 0 Å². The number of allylic oxidation sites excluding steroid dienone is 3. The van der Waals surface area contributed by atoms with E-state index in [2.05, 4.69) is 10.8 Å². The van der Waals surface area contributed by atoms with Crippen LogP contribution in [0.2, 0.25) is 5.02 Å². The van der Waals surface area contributed by atoms with Crippen molar-refractivity contribution < 1.29 is 22.7 Å². The smallest absolute Gasteiger partial charge is 0.406 e. The molecule has 0 saturated heterocycles. The Balaban J connectivity index is 1.89. The van der Waals surface area contributed by atoms with E-state index < -0.39 is 12.3 Å². The van der Waals surface area contributed by atoms with E-state index in [1.807, 2.05) is 13.8 Å². The molecule has 2 aromatic carbocycles. The first-order chi connectivity index (χ1) is 15.9. The van der Waals surface area contributed by atoms with Gasteiger partial charge in [0.05, 0.1) is 17.6 Å². The van der Waals surface area contributed by atoms with Gasteiger partial charge in [-0.2, -0.15) is 5.26 Å². The van der Waals surface area contributed by atoms with Gasteiger partial charge in [0.15, 0.2) is 5.78 Å². The topological polar surface area (TPSA) is 79.3 Å². The van der Waals surface area contributed by atoms with Crippen molar-refractivity contribution in [3.05, 3.63) is 81.8 Å². The number of hydrogen-bond acceptors (Lipinski definition) is 5. The molecule has 2 aromatic rings. The van der Waals surface area contributed by atoms with Crippen molar-refractivity contribution in [1.29, 1.82) is 5.26 Å². The summed E-state index contributed by atoms with van der Waals surface area (Å²) in [5.74, 6) is -1.03. The van der Waals surface area contributed by atoms with Crippen LogP contribution in [0.5, 0.6) is 5.75 Å². The lowest BCUT2D eigenvalue weighted by molar-refractivity contribution is -0.274. The van der Waals surface area contributed by atoms with Gasteiger partial charge in [0, 0.05) is 28.4 Å². The predicted octanol–water partition coefficient (Wildman–Crippen LogP) is 6.18. The fourth-order valence-electron chi connectivity index (χ4n) is 4.59. The summed E-state index contributed by atoms with van der Waals surface area (Å²) in [5.41, 5.74) is 8.54. The third kappa shape index (κ3) is 4.48. The Morgan fingerprint density at radius 2 is 1.74 bits per heavy atom. The number of nitrogens with zero attached hydrogens (tertiary/aromatic N) is 2. The van der Waals surface area contributed by atoms with E-state index in [4.69, 9.17) is 17.3 Å². The Bertz CT molecular complexity index is 1240. The molecule has 0 radical (unpaired) electrons. The van der Waals surface area contributed by atoms with Crippen LogP contribution in [0, 0.1) is 16.7 Å². The number of hydrogen-bond donors (Lipinski definition) is 1. The summed E-state index contributed by atoms with van der Waals surface area (Å²) in [6.07, 6.45) is -4.04. The van der Waals surface area contributed by atoms with Crippen LogP contribution in [0.25, 0.3) is 0 Å². The van der Waals surface area contributed by atoms with E-state index in [0.717, 1.165) is 0 Å². The summed E-state index contributed by atoms with van der Waals surface area (Å²) in [6, 6.07) is 14.2. The van der Waals surface area contributed by atoms with Crippen LogP contribution in [0.4, 0.5) is 18.9 Å². The number of nitrogens with two attached hydrogens (primary N) is 1. The maximum absolute atomic E-state index is 13.4. The molecular formula is C25H21ClF3N3O2. The molecule has 0 amide bonds. The lowest BCUT2D eigenvalue weighted by atomic mass is 9.68. The zero-order valence-electron chi connectivity index (χ0n) is 18.4. The summed E-state index contributed by atoms with van der Waals surface area (Å²) in [4.78, 5) is 15.0. The molecule has 1 aliphatic heterocycles. The van der Waals surface area contributed by atoms with Crippen molar-refractivity contribution in [2.24, 2.45) is 11.1 Å². The second-order valence-corrected chi connectivity index (χ2v) is 9.51. The number of halogens is 4. The summed E-state index contributed by atoms with van der Waals surface area (Å²) in [6.45, 7) is 3.92. The normalized spacial score (nSPS) is 20.2. The van der Waals surface area contributed by atoms with Crippen LogP contribution < -0.4 is 15.4 Å². The number of alkyl halides is 3. The number of benzene rings is 2. The maximum Gasteiger partial charge on any atom is 0.573 e. The lowest BCUT2D eigenvalue weighted by Crippen LogP contribution is -2.42. The molecular weight excluding hydrogens is 467 g/mol. The molecule has 4 rings (SSSR count). The van der Waals surface area contributed by atoms with Crippen molar-refractivity contribution in [3.63, 3.8) is 0 Å². The molecule has 34 heavy (non-hydrogen) atoms. The van der Waals surface area contributed by atoms with Crippen molar-refractivity contribution in [2.45, 2.75) is 39.0 Å². The fourth-order valence-corrected chi connectivity index (χ4v) is 4.72. The summed E-state index contributed by atoms with van der Waals surface area (Å²) < 4.78 is 41.7. The molecule has 176 valence electrons. The van der Waals surface area contributed by atoms with Gasteiger partial charge in [-0.3, -0.25) is 9.69 Å². The van der Waals surface area contributed by atoms with Crippen LogP contribution in [-0.2, 0) is 4.79 Å². The van der Waals surface area contributed by atoms with Crippen molar-refractivity contribution in [2.75, 3.05) is 4.90 Å². The first-order valence-corrected chi connectivity index (χ1v) is 10.9. The lowest BCUT2D eigenvalue weighted by Gasteiger charge is -2.43. The molecule has 2 aliphatic rings. The zero-order valence-corrected chi connectivity index (χ0v) is 19.2. The Morgan fingerprint density at radius 1 is 1.12 bits per heavy atom. The van der Waals surface area contributed by atoms with Gasteiger partial charge in [-0.05, 0) is 53.8 Å². The minimum atomic E-state index is -4.82. The molecule has 0 aromatic heterocycles. The molecule has 0 spiro atoms. The highest BCUT2D eigenvalue weighted by atomic mass is 35.5. The molecule has 0 saturated carbocycles. The predicted molar refractivity (Wildman–Crippen MR) is 122 cm³/mol. The summed E-state index contributed by atoms with van der Waals surface area (Å²) >= 11 is 6.04. The fraction of sp³-hybridized carbons (Fsp3) is 0.280. The molecule has 0 fully saturated rings. The number of Topliss-reactive ketones (excluding diaryl/α,β-unsaturated/α-hetero) is 1. The molecule has 9 heteroatoms. The van der Waals surface area contributed by atoms with Gasteiger partial charge in [-0.1, -0.05) is 37.6 Å². The molecule has 1 aliphatic carbocycles. The van der Waals surface area contributed by atoms with Gasteiger partial charge in [0.1, 0.15) is 11.6 Å². The maximum atomic E-state index is 13.4. The molecule has 1 atom stereocenters. The second kappa shape index (κ2) is 8.41. The van der Waals surface area contributed by atoms with Gasteiger partial charge < -0.3 is 10.5 Å². The molecule has 2 N–H and O–H groups in total. The minimum Gasteiger partial charge on any atom is -0.406 e. The number of anilines is 1. The summed E-state index contributed by atoms with van der Waals surface area (Å²) in [5, 5.41) is 10.6. The SMILES string of the molecule is CC1(C)CC(=O)C2=C(C1)N(c1ccc(OC(F)(F)F)cc1)C(N)=C(C#N)C2c1ccc(Cl)cc1. The van der Waals surface area contributed by atoms with Crippen LogP contribution in [0.1, 0.15) is 38.2 Å². The average Bonchev–Trinajstić information content (AvgIpc) is 2.72. The van der Waals surface area contributed by atoms with Crippen molar-refractivity contribution >= 4 is 23.1 Å². The highest BCUT2D eigenvalue weighted by Crippen LogP contribution is 2.50. The largest absolute Gasteiger partial charge is 0.573 e. The van der Waals surface area contributed by atoms with Gasteiger partial charge in [-0.15, -0.1) is 13.2 Å². The van der Waals surface area contributed by atoms with Crippen LogP contribution >= 0.6 is 11.6 Å². The van der Waals surface area contributed by atoms with Gasteiger partial charge in [0.25, 0.3) is 0 Å². The van der Waals surface area contributed by atoms with Crippen LogP contribution in [0.3, 0.4) is 0 Å². The van der Waals surface area contributed by atoms with Gasteiger partial charge in [0.2, 0.25) is 0 Å². The standard InChI is InChI=1S/C25H21ClF3N3O2/c1-24(2)11-19-22(20(33)12-24)21(14-3-5-15(26)6-4-14)18(13-30)23(31)32(19)16-7-9-17(10-8-16)34-25(27,28)29/h3-10,21H,11-12,31H2,1-2H3. The molecule has 1 unspecified atom stereocenters. The first-order valence-electron chi connectivity index (χ1n) is 10.5. The molecule has 5 nitrogen and oxygen atoms in total. The number of rotatable bonds is 3. The monoisotopic (exact) mass is 487 g/mol. The Morgan fingerprint density at radius 3 is 2.29 bits per heavy atom. The Kier molecular flexibility index (Phi) is 5.86. The highest BCUT2D eigenvalue weighted by molar-refractivity contribution is 6.30.